The van der Waals surface area contributed by atoms with Gasteiger partial charge in [-0.3, -0.25) is 0 Å². The summed E-state index contributed by atoms with van der Waals surface area (Å²) in [4.78, 5) is 14.3. The van der Waals surface area contributed by atoms with Crippen molar-refractivity contribution in [1.82, 2.24) is 4.98 Å². The Morgan fingerprint density at radius 2 is 2.05 bits per heavy atom. The summed E-state index contributed by atoms with van der Waals surface area (Å²) in [6, 6.07) is 10.3. The van der Waals surface area contributed by atoms with E-state index in [1.807, 2.05) is 31.3 Å². The Labute approximate surface area is 112 Å². The molecule has 2 aromatic rings. The van der Waals surface area contributed by atoms with E-state index in [-0.39, 0.29) is 5.97 Å². The molecule has 1 aromatic heterocycles. The highest BCUT2D eigenvalue weighted by molar-refractivity contribution is 5.87. The van der Waals surface area contributed by atoms with Crippen molar-refractivity contribution in [3.05, 3.63) is 65.0 Å². The van der Waals surface area contributed by atoms with Crippen LogP contribution in [0.25, 0.3) is 6.08 Å². The first-order valence-corrected chi connectivity index (χ1v) is 6.17. The van der Waals surface area contributed by atoms with Crippen LogP contribution in [0.15, 0.2) is 42.6 Å². The van der Waals surface area contributed by atoms with Crippen LogP contribution in [-0.2, 0) is 16.0 Å². The fraction of sp³-hybridized carbons (Fsp3) is 0.188. The van der Waals surface area contributed by atoms with E-state index in [1.165, 1.54) is 18.7 Å². The number of carbonyl (C=O) groups is 1. The molecule has 0 amide bonds. The zero-order valence-electron chi connectivity index (χ0n) is 11.1. The third kappa shape index (κ3) is 3.35. The minimum atomic E-state index is -0.342. The van der Waals surface area contributed by atoms with Gasteiger partial charge >= 0.3 is 5.97 Å². The lowest BCUT2D eigenvalue weighted by atomic mass is 10.1. The van der Waals surface area contributed by atoms with Crippen molar-refractivity contribution in [3.63, 3.8) is 0 Å². The van der Waals surface area contributed by atoms with E-state index in [1.54, 1.807) is 6.08 Å². The van der Waals surface area contributed by atoms with Crippen molar-refractivity contribution < 1.29 is 9.53 Å². The van der Waals surface area contributed by atoms with E-state index >= 15 is 0 Å². The number of carbonyl (C=O) groups excluding carboxylic acids is 1. The standard InChI is InChI=1S/C16H17NO2/c1-12-14(8-9-16(18)19-2)11-17-15(12)10-13-6-4-3-5-7-13/h3-9,11,17H,10H2,1-2H3/b9-8+. The van der Waals surface area contributed by atoms with Gasteiger partial charge in [0.2, 0.25) is 0 Å². The zero-order valence-corrected chi connectivity index (χ0v) is 11.1. The highest BCUT2D eigenvalue weighted by Gasteiger charge is 2.06. The third-order valence-corrected chi connectivity index (χ3v) is 3.11. The van der Waals surface area contributed by atoms with Crippen LogP contribution in [0.2, 0.25) is 0 Å². The summed E-state index contributed by atoms with van der Waals surface area (Å²) in [6.45, 7) is 2.05. The largest absolute Gasteiger partial charge is 0.466 e. The van der Waals surface area contributed by atoms with Crippen molar-refractivity contribution in [1.29, 1.82) is 0 Å². The Hall–Kier alpha value is -2.29. The minimum absolute atomic E-state index is 0.342. The Kier molecular flexibility index (Phi) is 4.18. The maximum Gasteiger partial charge on any atom is 0.330 e. The van der Waals surface area contributed by atoms with Crippen LogP contribution in [0.3, 0.4) is 0 Å². The van der Waals surface area contributed by atoms with Gasteiger partial charge in [-0.1, -0.05) is 30.3 Å². The maximum atomic E-state index is 11.1. The summed E-state index contributed by atoms with van der Waals surface area (Å²) in [5, 5.41) is 0. The molecule has 0 atom stereocenters. The van der Waals surface area contributed by atoms with Crippen LogP contribution >= 0.6 is 0 Å². The number of H-pyrrole nitrogens is 1. The Morgan fingerprint density at radius 1 is 1.32 bits per heavy atom. The first kappa shape index (κ1) is 13.1. The monoisotopic (exact) mass is 255 g/mol. The first-order chi connectivity index (χ1) is 9.20. The molecule has 0 saturated carbocycles. The van der Waals surface area contributed by atoms with Crippen LogP contribution in [0.5, 0.6) is 0 Å². The van der Waals surface area contributed by atoms with Gasteiger partial charge in [0.15, 0.2) is 0 Å². The number of nitrogens with one attached hydrogen (secondary N) is 1. The molecule has 1 aromatic carbocycles. The van der Waals surface area contributed by atoms with Crippen molar-refractivity contribution in [2.45, 2.75) is 13.3 Å². The summed E-state index contributed by atoms with van der Waals surface area (Å²) in [7, 11) is 1.37. The fourth-order valence-electron chi connectivity index (χ4n) is 1.94. The van der Waals surface area contributed by atoms with Crippen molar-refractivity contribution in [2.24, 2.45) is 0 Å². The molecule has 0 aliphatic carbocycles. The second-order valence-electron chi connectivity index (χ2n) is 4.37. The number of hydrogen-bond acceptors (Lipinski definition) is 2. The number of methoxy groups -OCH3 is 1. The van der Waals surface area contributed by atoms with Crippen LogP contribution in [0, 0.1) is 6.92 Å². The normalized spacial score (nSPS) is 10.8. The second-order valence-corrected chi connectivity index (χ2v) is 4.37. The first-order valence-electron chi connectivity index (χ1n) is 6.17. The highest BCUT2D eigenvalue weighted by Crippen LogP contribution is 2.17. The molecule has 0 unspecified atom stereocenters. The number of hydrogen-bond donors (Lipinski definition) is 1. The topological polar surface area (TPSA) is 42.1 Å². The Morgan fingerprint density at radius 3 is 2.74 bits per heavy atom. The van der Waals surface area contributed by atoms with Gasteiger partial charge in [0.25, 0.3) is 0 Å². The Balaban J connectivity index is 2.14. The third-order valence-electron chi connectivity index (χ3n) is 3.11. The van der Waals surface area contributed by atoms with E-state index in [0.717, 1.165) is 23.2 Å². The molecule has 0 radical (unpaired) electrons. The molecule has 0 spiro atoms. The molecule has 19 heavy (non-hydrogen) atoms. The average molecular weight is 255 g/mol. The lowest BCUT2D eigenvalue weighted by Crippen LogP contribution is -1.93. The van der Waals surface area contributed by atoms with Gasteiger partial charge < -0.3 is 9.72 Å². The molecular weight excluding hydrogens is 238 g/mol. The summed E-state index contributed by atoms with van der Waals surface area (Å²) < 4.78 is 4.58. The number of aromatic amines is 1. The molecule has 2 rings (SSSR count). The molecule has 1 N–H and O–H groups in total. The van der Waals surface area contributed by atoms with Crippen LogP contribution in [0.4, 0.5) is 0 Å². The van der Waals surface area contributed by atoms with Gasteiger partial charge in [-0.25, -0.2) is 4.79 Å². The molecule has 0 bridgehead atoms. The predicted molar refractivity (Wildman–Crippen MR) is 75.8 cm³/mol. The predicted octanol–water partition coefficient (Wildman–Crippen LogP) is 3.10. The zero-order chi connectivity index (χ0) is 13.7. The number of ether oxygens (including phenoxy) is 1. The average Bonchev–Trinajstić information content (AvgIpc) is 2.78. The number of rotatable bonds is 4. The Bertz CT molecular complexity index is 582. The van der Waals surface area contributed by atoms with Crippen LogP contribution in [0.1, 0.15) is 22.4 Å². The highest BCUT2D eigenvalue weighted by atomic mass is 16.5. The summed E-state index contributed by atoms with van der Waals surface area (Å²) in [6.07, 6.45) is 5.97. The number of esters is 1. The molecule has 1 heterocycles. The molecule has 0 fully saturated rings. The molecule has 3 heteroatoms. The molecule has 0 saturated heterocycles. The van der Waals surface area contributed by atoms with E-state index in [0.29, 0.717) is 0 Å². The SMILES string of the molecule is COC(=O)/C=C/c1c[nH]c(Cc2ccccc2)c1C. The van der Waals surface area contributed by atoms with Gasteiger partial charge in [-0.2, -0.15) is 0 Å². The fourth-order valence-corrected chi connectivity index (χ4v) is 1.94. The van der Waals surface area contributed by atoms with Crippen LogP contribution in [-0.4, -0.2) is 18.1 Å². The quantitative estimate of drug-likeness (QED) is 0.673. The summed E-state index contributed by atoms with van der Waals surface area (Å²) >= 11 is 0. The minimum Gasteiger partial charge on any atom is -0.466 e. The van der Waals surface area contributed by atoms with Crippen molar-refractivity contribution in [2.75, 3.05) is 7.11 Å². The molecule has 0 aliphatic heterocycles. The number of aromatic nitrogens is 1. The van der Waals surface area contributed by atoms with Gasteiger partial charge in [-0.05, 0) is 29.7 Å². The molecule has 3 nitrogen and oxygen atoms in total. The van der Waals surface area contributed by atoms with Crippen molar-refractivity contribution >= 4 is 12.0 Å². The van der Waals surface area contributed by atoms with E-state index in [9.17, 15) is 4.79 Å². The smallest absolute Gasteiger partial charge is 0.330 e. The summed E-state index contributed by atoms with van der Waals surface area (Å²) in [5.41, 5.74) is 4.59. The van der Waals surface area contributed by atoms with Crippen LogP contribution < -0.4 is 0 Å². The van der Waals surface area contributed by atoms with Crippen molar-refractivity contribution in [3.8, 4) is 0 Å². The van der Waals surface area contributed by atoms with Gasteiger partial charge in [0.05, 0.1) is 7.11 Å². The lowest BCUT2D eigenvalue weighted by Gasteiger charge is -2.01. The number of benzene rings is 1. The van der Waals surface area contributed by atoms with E-state index in [4.69, 9.17) is 0 Å². The molecule has 98 valence electrons. The lowest BCUT2D eigenvalue weighted by molar-refractivity contribution is -0.134. The van der Waals surface area contributed by atoms with E-state index in [2.05, 4.69) is 21.9 Å². The van der Waals surface area contributed by atoms with Gasteiger partial charge in [-0.15, -0.1) is 0 Å². The van der Waals surface area contributed by atoms with Gasteiger partial charge in [0, 0.05) is 24.4 Å². The maximum absolute atomic E-state index is 11.1. The molecule has 0 aliphatic rings. The molecular formula is C16H17NO2. The summed E-state index contributed by atoms with van der Waals surface area (Å²) in [5.74, 6) is -0.342. The second kappa shape index (κ2) is 6.05. The van der Waals surface area contributed by atoms with Gasteiger partial charge in [0.1, 0.15) is 0 Å². The van der Waals surface area contributed by atoms with E-state index < -0.39 is 0 Å².